The number of nitrogens with zero attached hydrogens (tertiary/aromatic N) is 2. The Morgan fingerprint density at radius 2 is 1.89 bits per heavy atom. The van der Waals surface area contributed by atoms with Crippen molar-refractivity contribution >= 4 is 23.5 Å². The van der Waals surface area contributed by atoms with Crippen LogP contribution in [-0.2, 0) is 23.4 Å². The fraction of sp³-hybridized carbons (Fsp3) is 0.310. The topological polar surface area (TPSA) is 62.7 Å². The van der Waals surface area contributed by atoms with Crippen LogP contribution in [0.4, 0.5) is 0 Å². The number of pyridine rings is 1. The van der Waals surface area contributed by atoms with E-state index in [1.54, 1.807) is 6.20 Å². The molecule has 2 aliphatic heterocycles. The highest BCUT2D eigenvalue weighted by Crippen LogP contribution is 2.37. The minimum atomic E-state index is -0.795. The van der Waals surface area contributed by atoms with Crippen LogP contribution >= 0.6 is 11.6 Å². The second-order valence-electron chi connectivity index (χ2n) is 9.27. The molecule has 2 aromatic carbocycles. The summed E-state index contributed by atoms with van der Waals surface area (Å²) in [6.45, 7) is 3.00. The second-order valence-corrected chi connectivity index (χ2v) is 9.71. The third-order valence-electron chi connectivity index (χ3n) is 7.06. The number of hydrogen-bond donors (Lipinski definition) is 1. The van der Waals surface area contributed by atoms with Gasteiger partial charge >= 0.3 is 0 Å². The highest BCUT2D eigenvalue weighted by Gasteiger charge is 2.33. The van der Waals surface area contributed by atoms with Crippen molar-refractivity contribution in [1.29, 1.82) is 0 Å². The summed E-state index contributed by atoms with van der Waals surface area (Å²) in [6, 6.07) is 17.5. The average Bonchev–Trinajstić information content (AvgIpc) is 3.03. The zero-order chi connectivity index (χ0) is 24.3. The molecule has 5 rings (SSSR count). The first-order valence-electron chi connectivity index (χ1n) is 12.1. The Labute approximate surface area is 211 Å². The predicted molar refractivity (Wildman–Crippen MR) is 137 cm³/mol. The fourth-order valence-electron chi connectivity index (χ4n) is 5.03. The lowest BCUT2D eigenvalue weighted by molar-refractivity contribution is -0.107. The van der Waals surface area contributed by atoms with Crippen LogP contribution in [0.15, 0.2) is 66.9 Å². The summed E-state index contributed by atoms with van der Waals surface area (Å²) in [5.41, 5.74) is 5.21. The van der Waals surface area contributed by atoms with E-state index in [1.807, 2.05) is 42.5 Å². The van der Waals surface area contributed by atoms with Gasteiger partial charge in [0, 0.05) is 48.4 Å². The van der Waals surface area contributed by atoms with Crippen molar-refractivity contribution in [3.63, 3.8) is 0 Å². The lowest BCUT2D eigenvalue weighted by Gasteiger charge is -2.38. The highest BCUT2D eigenvalue weighted by atomic mass is 35.5. The van der Waals surface area contributed by atoms with Crippen molar-refractivity contribution in [2.45, 2.75) is 37.9 Å². The molecule has 1 fully saturated rings. The van der Waals surface area contributed by atoms with Gasteiger partial charge in [-0.2, -0.15) is 0 Å². The van der Waals surface area contributed by atoms with Crippen LogP contribution < -0.4 is 4.74 Å². The molecule has 0 bridgehead atoms. The van der Waals surface area contributed by atoms with Crippen molar-refractivity contribution in [2.75, 3.05) is 19.6 Å². The van der Waals surface area contributed by atoms with Gasteiger partial charge in [-0.3, -0.25) is 4.98 Å². The zero-order valence-corrected chi connectivity index (χ0v) is 20.4. The van der Waals surface area contributed by atoms with E-state index < -0.39 is 5.60 Å². The number of aldehydes is 1. The number of benzene rings is 2. The number of halogens is 1. The van der Waals surface area contributed by atoms with E-state index in [0.717, 1.165) is 71.6 Å². The van der Waals surface area contributed by atoms with Crippen LogP contribution in [0, 0.1) is 0 Å². The van der Waals surface area contributed by atoms with Crippen molar-refractivity contribution in [2.24, 2.45) is 0 Å². The molecule has 1 N–H and O–H groups in total. The number of rotatable bonds is 6. The van der Waals surface area contributed by atoms with Crippen LogP contribution in [0.2, 0.25) is 5.02 Å². The number of fused-ring (bicyclic) bond motifs is 2. The Bertz CT molecular complexity index is 1230. The van der Waals surface area contributed by atoms with Crippen molar-refractivity contribution in [3.8, 4) is 5.75 Å². The number of ether oxygens (including phenoxy) is 1. The van der Waals surface area contributed by atoms with Crippen molar-refractivity contribution < 1.29 is 14.6 Å². The molecule has 0 atom stereocenters. The maximum Gasteiger partial charge on any atom is 0.131 e. The Kier molecular flexibility index (Phi) is 7.00. The Morgan fingerprint density at radius 1 is 1.09 bits per heavy atom. The molecule has 2 aliphatic rings. The van der Waals surface area contributed by atoms with Gasteiger partial charge in [-0.15, -0.1) is 0 Å². The molecule has 3 heterocycles. The molecular weight excluding hydrogens is 460 g/mol. The predicted octanol–water partition coefficient (Wildman–Crippen LogP) is 5.17. The average molecular weight is 489 g/mol. The number of piperidine rings is 1. The fourth-order valence-corrected chi connectivity index (χ4v) is 5.16. The molecule has 0 unspecified atom stereocenters. The van der Waals surface area contributed by atoms with E-state index in [0.29, 0.717) is 30.9 Å². The monoisotopic (exact) mass is 488 g/mol. The summed E-state index contributed by atoms with van der Waals surface area (Å²) in [4.78, 5) is 18.1. The lowest BCUT2D eigenvalue weighted by Crippen LogP contribution is -2.42. The summed E-state index contributed by atoms with van der Waals surface area (Å²) >= 11 is 6.02. The minimum absolute atomic E-state index is 0.380. The molecule has 180 valence electrons. The van der Waals surface area contributed by atoms with Gasteiger partial charge in [0.05, 0.1) is 11.3 Å². The maximum absolute atomic E-state index is 11.2. The van der Waals surface area contributed by atoms with E-state index in [-0.39, 0.29) is 0 Å². The molecule has 0 saturated carbocycles. The molecule has 0 aliphatic carbocycles. The summed E-state index contributed by atoms with van der Waals surface area (Å²) in [6.07, 6.45) is 7.63. The lowest BCUT2D eigenvalue weighted by atomic mass is 9.84. The molecule has 1 aromatic heterocycles. The van der Waals surface area contributed by atoms with Crippen LogP contribution in [0.5, 0.6) is 5.75 Å². The third-order valence-corrected chi connectivity index (χ3v) is 7.31. The quantitative estimate of drug-likeness (QED) is 0.485. The van der Waals surface area contributed by atoms with E-state index in [1.165, 1.54) is 0 Å². The van der Waals surface area contributed by atoms with Gasteiger partial charge in [0.1, 0.15) is 18.6 Å². The molecule has 1 saturated heterocycles. The number of aliphatic hydroxyl groups is 1. The minimum Gasteiger partial charge on any atom is -0.487 e. The molecule has 0 spiro atoms. The molecule has 5 nitrogen and oxygen atoms in total. The van der Waals surface area contributed by atoms with Crippen LogP contribution in [-0.4, -0.2) is 40.9 Å². The molecule has 35 heavy (non-hydrogen) atoms. The maximum atomic E-state index is 11.2. The van der Waals surface area contributed by atoms with Gasteiger partial charge in [-0.1, -0.05) is 41.9 Å². The molecule has 0 radical (unpaired) electrons. The summed E-state index contributed by atoms with van der Waals surface area (Å²) in [7, 11) is 0. The van der Waals surface area contributed by atoms with Gasteiger partial charge in [0.2, 0.25) is 0 Å². The molecular formula is C29H29ClN2O3. The standard InChI is InChI=1S/C29H29ClN2O3/c30-23-8-6-22(7-9-23)29(34)12-16-32(17-13-29)15-2-4-24-25-3-1-14-31-27(25)20-35-28-10-5-21(11-18-33)19-26(24)28/h1,3-10,14,18-19,34H,2,11-13,15-17,20H2/b24-4+. The number of aromatic nitrogens is 1. The van der Waals surface area contributed by atoms with E-state index in [2.05, 4.69) is 28.1 Å². The first-order valence-corrected chi connectivity index (χ1v) is 12.5. The van der Waals surface area contributed by atoms with Crippen molar-refractivity contribution in [1.82, 2.24) is 9.88 Å². The third kappa shape index (κ3) is 5.18. The van der Waals surface area contributed by atoms with Crippen molar-refractivity contribution in [3.05, 3.63) is 99.8 Å². The SMILES string of the molecule is O=CCc1ccc2c(c1)/C(=C/CCN1CCC(O)(c3ccc(Cl)cc3)CC1)c1cccnc1CO2. The molecule has 6 heteroatoms. The summed E-state index contributed by atoms with van der Waals surface area (Å²) in [5.74, 6) is 0.815. The largest absolute Gasteiger partial charge is 0.487 e. The number of carbonyl (C=O) groups excluding carboxylic acids is 1. The van der Waals surface area contributed by atoms with E-state index >= 15 is 0 Å². The van der Waals surface area contributed by atoms with Gasteiger partial charge in [0.25, 0.3) is 0 Å². The smallest absolute Gasteiger partial charge is 0.131 e. The first kappa shape index (κ1) is 23.7. The normalized spacial score (nSPS) is 18.3. The summed E-state index contributed by atoms with van der Waals surface area (Å²) < 4.78 is 6.07. The highest BCUT2D eigenvalue weighted by molar-refractivity contribution is 6.30. The van der Waals surface area contributed by atoms with Gasteiger partial charge in [-0.25, -0.2) is 0 Å². The second kappa shape index (κ2) is 10.3. The number of hydrogen-bond acceptors (Lipinski definition) is 5. The van der Waals surface area contributed by atoms with E-state index in [4.69, 9.17) is 16.3 Å². The van der Waals surface area contributed by atoms with Crippen LogP contribution in [0.3, 0.4) is 0 Å². The Balaban J connectivity index is 1.32. The zero-order valence-electron chi connectivity index (χ0n) is 19.6. The van der Waals surface area contributed by atoms with Crippen LogP contribution in [0.25, 0.3) is 5.57 Å². The first-order chi connectivity index (χ1) is 17.1. The van der Waals surface area contributed by atoms with Gasteiger partial charge in [0.15, 0.2) is 0 Å². The van der Waals surface area contributed by atoms with Gasteiger partial charge in [-0.05, 0) is 66.3 Å². The molecule has 0 amide bonds. The van der Waals surface area contributed by atoms with Crippen LogP contribution in [0.1, 0.15) is 47.2 Å². The Morgan fingerprint density at radius 3 is 2.66 bits per heavy atom. The number of carbonyl (C=O) groups is 1. The van der Waals surface area contributed by atoms with Gasteiger partial charge < -0.3 is 19.5 Å². The molecule has 3 aromatic rings. The summed E-state index contributed by atoms with van der Waals surface area (Å²) in [5, 5.41) is 11.9. The Hall–Kier alpha value is -2.99. The van der Waals surface area contributed by atoms with E-state index in [9.17, 15) is 9.90 Å². The number of likely N-dealkylation sites (tertiary alicyclic amines) is 1.